The van der Waals surface area contributed by atoms with Crippen molar-refractivity contribution in [2.45, 2.75) is 11.1 Å². The third-order valence-corrected chi connectivity index (χ3v) is 6.94. The van der Waals surface area contributed by atoms with Crippen molar-refractivity contribution >= 4 is 32.4 Å². The summed E-state index contributed by atoms with van der Waals surface area (Å²) in [6.45, 7) is 0. The summed E-state index contributed by atoms with van der Waals surface area (Å²) in [5, 5.41) is 1.01. The second kappa shape index (κ2) is 8.83. The van der Waals surface area contributed by atoms with Crippen LogP contribution in [0.25, 0.3) is 10.8 Å². The number of carbonyl (C=O) groups is 1. The Balaban J connectivity index is 1.99. The zero-order chi connectivity index (χ0) is 24.5. The molecule has 1 amide bonds. The van der Waals surface area contributed by atoms with E-state index in [1.54, 1.807) is 30.3 Å². The Hall–Kier alpha value is -3.85. The van der Waals surface area contributed by atoms with Gasteiger partial charge in [-0.2, -0.15) is 17.5 Å². The largest absolute Gasteiger partial charge is 0.497 e. The Bertz CT molecular complexity index is 1460. The van der Waals surface area contributed by atoms with E-state index in [-0.39, 0.29) is 10.6 Å². The number of hydrogen-bond donors (Lipinski definition) is 0. The normalized spacial score (nSPS) is 11.9. The molecule has 0 unspecified atom stereocenters. The van der Waals surface area contributed by atoms with Gasteiger partial charge in [0.1, 0.15) is 5.75 Å². The van der Waals surface area contributed by atoms with Crippen molar-refractivity contribution in [3.63, 3.8) is 0 Å². The fourth-order valence-corrected chi connectivity index (χ4v) is 5.04. The molecule has 0 radical (unpaired) electrons. The highest BCUT2D eigenvalue weighted by Crippen LogP contribution is 2.36. The van der Waals surface area contributed by atoms with Crippen LogP contribution in [0, 0.1) is 0 Å². The first kappa shape index (κ1) is 23.3. The molecule has 0 bridgehead atoms. The van der Waals surface area contributed by atoms with E-state index in [0.29, 0.717) is 20.8 Å². The number of alkyl halides is 3. The minimum atomic E-state index is -4.86. The molecule has 0 fully saturated rings. The molecule has 0 aromatic heterocycles. The van der Waals surface area contributed by atoms with Crippen LogP contribution < -0.4 is 9.04 Å². The van der Waals surface area contributed by atoms with E-state index in [0.717, 1.165) is 18.2 Å². The van der Waals surface area contributed by atoms with Crippen molar-refractivity contribution < 1.29 is 31.1 Å². The Labute approximate surface area is 194 Å². The number of nitrogens with zero attached hydrogens (tertiary/aromatic N) is 1. The lowest BCUT2D eigenvalue weighted by Crippen LogP contribution is -2.38. The van der Waals surface area contributed by atoms with Gasteiger partial charge in [-0.25, -0.2) is 8.42 Å². The van der Waals surface area contributed by atoms with Crippen LogP contribution in [0.4, 0.5) is 18.9 Å². The summed E-state index contributed by atoms with van der Waals surface area (Å²) in [7, 11) is -3.21. The number of carbonyl (C=O) groups excluding carboxylic acids is 1. The summed E-state index contributed by atoms with van der Waals surface area (Å²) >= 11 is 0. The van der Waals surface area contributed by atoms with Gasteiger partial charge in [0.25, 0.3) is 15.9 Å². The van der Waals surface area contributed by atoms with Crippen LogP contribution >= 0.6 is 0 Å². The lowest BCUT2D eigenvalue weighted by molar-refractivity contribution is -0.137. The number of rotatable bonds is 5. The van der Waals surface area contributed by atoms with E-state index in [9.17, 15) is 26.4 Å². The monoisotopic (exact) mass is 485 g/mol. The van der Waals surface area contributed by atoms with E-state index >= 15 is 0 Å². The highest BCUT2D eigenvalue weighted by Gasteiger charge is 2.39. The minimum absolute atomic E-state index is 0.0594. The molecule has 4 aromatic rings. The van der Waals surface area contributed by atoms with Gasteiger partial charge in [0, 0.05) is 5.39 Å². The lowest BCUT2D eigenvalue weighted by Gasteiger charge is -2.25. The van der Waals surface area contributed by atoms with Crippen LogP contribution in [0.2, 0.25) is 0 Å². The molecule has 4 rings (SSSR count). The molecule has 0 atom stereocenters. The Morgan fingerprint density at radius 2 is 1.44 bits per heavy atom. The second-order valence-corrected chi connectivity index (χ2v) is 9.08. The summed E-state index contributed by atoms with van der Waals surface area (Å²) in [6.07, 6.45) is -4.86. The number of amides is 1. The third kappa shape index (κ3) is 4.22. The van der Waals surface area contributed by atoms with Crippen LogP contribution in [-0.2, 0) is 16.2 Å². The minimum Gasteiger partial charge on any atom is -0.497 e. The van der Waals surface area contributed by atoms with Crippen molar-refractivity contribution in [2.75, 3.05) is 11.4 Å². The predicted molar refractivity (Wildman–Crippen MR) is 122 cm³/mol. The number of methoxy groups -OCH3 is 1. The molecule has 9 heteroatoms. The fourth-order valence-electron chi connectivity index (χ4n) is 3.61. The molecular formula is C25H18F3NO4S. The summed E-state index contributed by atoms with van der Waals surface area (Å²) in [5.74, 6) is -0.940. The fraction of sp³-hybridized carbons (Fsp3) is 0.0800. The molecule has 0 saturated carbocycles. The zero-order valence-corrected chi connectivity index (χ0v) is 18.6. The number of hydrogen-bond acceptors (Lipinski definition) is 4. The molecule has 0 N–H and O–H groups in total. The molecule has 0 aliphatic heterocycles. The maximum Gasteiger partial charge on any atom is 0.417 e. The molecule has 0 saturated heterocycles. The molecule has 0 heterocycles. The first-order valence-corrected chi connectivity index (χ1v) is 11.5. The van der Waals surface area contributed by atoms with Crippen molar-refractivity contribution in [1.82, 2.24) is 0 Å². The molecule has 0 aliphatic carbocycles. The van der Waals surface area contributed by atoms with Crippen molar-refractivity contribution in [1.29, 1.82) is 0 Å². The van der Waals surface area contributed by atoms with E-state index in [4.69, 9.17) is 4.74 Å². The van der Waals surface area contributed by atoms with Gasteiger partial charge in [-0.1, -0.05) is 48.5 Å². The van der Waals surface area contributed by atoms with Crippen molar-refractivity contribution in [2.24, 2.45) is 0 Å². The second-order valence-electron chi connectivity index (χ2n) is 7.29. The summed E-state index contributed by atoms with van der Waals surface area (Å²) < 4.78 is 74.0. The molecule has 174 valence electrons. The molecule has 5 nitrogen and oxygen atoms in total. The average Bonchev–Trinajstić information content (AvgIpc) is 2.83. The highest BCUT2D eigenvalue weighted by atomic mass is 32.2. The maximum absolute atomic E-state index is 13.7. The van der Waals surface area contributed by atoms with Gasteiger partial charge >= 0.3 is 6.18 Å². The Kier molecular flexibility index (Phi) is 6.05. The lowest BCUT2D eigenvalue weighted by atomic mass is 10.1. The SMILES string of the molecule is COc1ccc(S(=O)(=O)N(C(=O)c2ccccc2C(F)(F)F)c2cccc3ccccc23)cc1. The van der Waals surface area contributed by atoms with Gasteiger partial charge in [-0.05, 0) is 47.9 Å². The van der Waals surface area contributed by atoms with Crippen LogP contribution in [0.15, 0.2) is 95.9 Å². The zero-order valence-electron chi connectivity index (χ0n) is 17.8. The van der Waals surface area contributed by atoms with Crippen molar-refractivity contribution in [3.8, 4) is 5.75 Å². The van der Waals surface area contributed by atoms with Crippen LogP contribution in [0.1, 0.15) is 15.9 Å². The highest BCUT2D eigenvalue weighted by molar-refractivity contribution is 7.93. The third-order valence-electron chi connectivity index (χ3n) is 5.23. The quantitative estimate of drug-likeness (QED) is 0.353. The number of anilines is 1. The van der Waals surface area contributed by atoms with Gasteiger partial charge < -0.3 is 4.74 Å². The van der Waals surface area contributed by atoms with Gasteiger partial charge in [0.2, 0.25) is 0 Å². The van der Waals surface area contributed by atoms with E-state index in [1.807, 2.05) is 0 Å². The summed E-state index contributed by atoms with van der Waals surface area (Å²) in [6, 6.07) is 20.7. The number of halogens is 3. The molecule has 0 spiro atoms. The Morgan fingerprint density at radius 3 is 2.12 bits per heavy atom. The standard InChI is InChI=1S/C25H18F3NO4S/c1-33-18-13-15-19(16-14-18)34(31,32)29(23-12-6-8-17-7-2-3-9-20(17)23)24(30)21-10-4-5-11-22(21)25(26,27)28/h2-16H,1H3. The van der Waals surface area contributed by atoms with Gasteiger partial charge in [-0.15, -0.1) is 0 Å². The van der Waals surface area contributed by atoms with Crippen LogP contribution in [-0.4, -0.2) is 21.4 Å². The Morgan fingerprint density at radius 1 is 0.824 bits per heavy atom. The van der Waals surface area contributed by atoms with E-state index < -0.39 is 33.2 Å². The molecular weight excluding hydrogens is 467 g/mol. The first-order chi connectivity index (χ1) is 16.1. The van der Waals surface area contributed by atoms with Gasteiger partial charge in [0.15, 0.2) is 0 Å². The first-order valence-electron chi connectivity index (χ1n) is 10.0. The summed E-state index contributed by atoms with van der Waals surface area (Å²) in [5.41, 5.74) is -2.06. The number of ether oxygens (including phenoxy) is 1. The number of sulfonamides is 1. The van der Waals surface area contributed by atoms with Gasteiger partial charge in [0.05, 0.1) is 28.8 Å². The maximum atomic E-state index is 13.7. The summed E-state index contributed by atoms with van der Waals surface area (Å²) in [4.78, 5) is 13.3. The molecule has 34 heavy (non-hydrogen) atoms. The van der Waals surface area contributed by atoms with Crippen LogP contribution in [0.5, 0.6) is 5.75 Å². The average molecular weight is 485 g/mol. The van der Waals surface area contributed by atoms with E-state index in [1.165, 1.54) is 49.6 Å². The smallest absolute Gasteiger partial charge is 0.417 e. The van der Waals surface area contributed by atoms with Gasteiger partial charge in [-0.3, -0.25) is 4.79 Å². The number of benzene rings is 4. The van der Waals surface area contributed by atoms with Crippen molar-refractivity contribution in [3.05, 3.63) is 102 Å². The predicted octanol–water partition coefficient (Wildman–Crippen LogP) is 5.90. The van der Waals surface area contributed by atoms with Crippen LogP contribution in [0.3, 0.4) is 0 Å². The number of fused-ring (bicyclic) bond motifs is 1. The topological polar surface area (TPSA) is 63.7 Å². The molecule has 0 aliphatic rings. The molecule has 4 aromatic carbocycles. The van der Waals surface area contributed by atoms with E-state index in [2.05, 4.69) is 0 Å².